The number of urea groups is 1. The van der Waals surface area contributed by atoms with E-state index in [1.165, 1.54) is 11.9 Å². The first kappa shape index (κ1) is 17.7. The van der Waals surface area contributed by atoms with Crippen molar-refractivity contribution in [1.82, 2.24) is 20.0 Å². The number of carbonyl (C=O) groups is 4. The van der Waals surface area contributed by atoms with E-state index in [4.69, 9.17) is 4.74 Å². The number of amides is 5. The summed E-state index contributed by atoms with van der Waals surface area (Å²) >= 11 is 0. The monoisotopic (exact) mass is 352 g/mol. The van der Waals surface area contributed by atoms with Crippen LogP contribution in [0.15, 0.2) is 0 Å². The van der Waals surface area contributed by atoms with E-state index >= 15 is 0 Å². The van der Waals surface area contributed by atoms with Crippen molar-refractivity contribution in [2.75, 3.05) is 46.4 Å². The third-order valence-corrected chi connectivity index (χ3v) is 5.16. The van der Waals surface area contributed by atoms with Gasteiger partial charge in [-0.15, -0.1) is 0 Å². The highest BCUT2D eigenvalue weighted by Gasteiger charge is 2.52. The second kappa shape index (κ2) is 6.99. The van der Waals surface area contributed by atoms with Gasteiger partial charge in [-0.1, -0.05) is 12.8 Å². The van der Waals surface area contributed by atoms with Gasteiger partial charge in [0.2, 0.25) is 11.8 Å². The third-order valence-electron chi connectivity index (χ3n) is 5.16. The van der Waals surface area contributed by atoms with Gasteiger partial charge in [0, 0.05) is 20.1 Å². The van der Waals surface area contributed by atoms with Crippen molar-refractivity contribution in [3.63, 3.8) is 0 Å². The average Bonchev–Trinajstić information content (AvgIpc) is 3.16. The largest absolute Gasteiger partial charge is 0.378 e. The fraction of sp³-hybridized carbons (Fsp3) is 0.750. The Morgan fingerprint density at radius 1 is 1.20 bits per heavy atom. The lowest BCUT2D eigenvalue weighted by Gasteiger charge is -2.29. The van der Waals surface area contributed by atoms with Crippen LogP contribution in [-0.4, -0.2) is 90.4 Å². The van der Waals surface area contributed by atoms with Gasteiger partial charge in [0.05, 0.1) is 19.8 Å². The Morgan fingerprint density at radius 2 is 1.84 bits per heavy atom. The van der Waals surface area contributed by atoms with Gasteiger partial charge in [0.1, 0.15) is 12.1 Å². The summed E-state index contributed by atoms with van der Waals surface area (Å²) in [5.74, 6) is -0.917. The van der Waals surface area contributed by atoms with Crippen molar-refractivity contribution in [2.24, 2.45) is 0 Å². The Hall–Kier alpha value is -2.16. The van der Waals surface area contributed by atoms with Crippen LogP contribution in [-0.2, 0) is 19.1 Å². The number of hydrogen-bond donors (Lipinski definition) is 1. The number of rotatable bonds is 4. The van der Waals surface area contributed by atoms with E-state index in [-0.39, 0.29) is 24.9 Å². The molecule has 3 fully saturated rings. The van der Waals surface area contributed by atoms with Crippen LogP contribution in [0.25, 0.3) is 0 Å². The molecule has 1 saturated carbocycles. The van der Waals surface area contributed by atoms with Gasteiger partial charge >= 0.3 is 6.03 Å². The van der Waals surface area contributed by atoms with Crippen LogP contribution in [0.5, 0.6) is 0 Å². The quantitative estimate of drug-likeness (QED) is 0.666. The molecule has 3 rings (SSSR count). The second-order valence-electron chi connectivity index (χ2n) is 6.85. The topological polar surface area (TPSA) is 99.3 Å². The highest BCUT2D eigenvalue weighted by Crippen LogP contribution is 2.34. The molecule has 138 valence electrons. The molecule has 0 atom stereocenters. The van der Waals surface area contributed by atoms with Gasteiger partial charge in [-0.25, -0.2) is 4.79 Å². The van der Waals surface area contributed by atoms with Crippen LogP contribution in [0, 0.1) is 0 Å². The molecule has 0 aromatic carbocycles. The Kier molecular flexibility index (Phi) is 4.94. The van der Waals surface area contributed by atoms with E-state index in [0.717, 1.165) is 17.7 Å². The number of ether oxygens (including phenoxy) is 1. The maximum absolute atomic E-state index is 12.6. The lowest BCUT2D eigenvalue weighted by Crippen LogP contribution is -2.49. The van der Waals surface area contributed by atoms with Gasteiger partial charge in [0.15, 0.2) is 0 Å². The van der Waals surface area contributed by atoms with Crippen LogP contribution in [0.2, 0.25) is 0 Å². The van der Waals surface area contributed by atoms with Crippen molar-refractivity contribution in [2.45, 2.75) is 31.2 Å². The van der Waals surface area contributed by atoms with E-state index in [9.17, 15) is 19.2 Å². The molecule has 0 unspecified atom stereocenters. The van der Waals surface area contributed by atoms with Crippen molar-refractivity contribution in [1.29, 1.82) is 0 Å². The molecule has 25 heavy (non-hydrogen) atoms. The first-order chi connectivity index (χ1) is 11.9. The highest BCUT2D eigenvalue weighted by atomic mass is 16.5. The molecule has 0 radical (unpaired) electrons. The molecule has 1 aliphatic carbocycles. The minimum absolute atomic E-state index is 0.0758. The fourth-order valence-electron chi connectivity index (χ4n) is 3.60. The summed E-state index contributed by atoms with van der Waals surface area (Å²) in [6.07, 6.45) is 3.02. The normalized spacial score (nSPS) is 22.4. The van der Waals surface area contributed by atoms with Crippen LogP contribution in [0.4, 0.5) is 4.79 Å². The molecular weight excluding hydrogens is 328 g/mol. The molecule has 9 nitrogen and oxygen atoms in total. The minimum atomic E-state index is -0.820. The molecule has 5 amide bonds. The smallest absolute Gasteiger partial charge is 0.325 e. The average molecular weight is 352 g/mol. The molecule has 1 spiro atoms. The van der Waals surface area contributed by atoms with Crippen LogP contribution in [0.3, 0.4) is 0 Å². The molecule has 9 heteroatoms. The minimum Gasteiger partial charge on any atom is -0.378 e. The van der Waals surface area contributed by atoms with E-state index in [1.807, 2.05) is 0 Å². The predicted molar refractivity (Wildman–Crippen MR) is 86.5 cm³/mol. The number of likely N-dealkylation sites (N-methyl/N-ethyl adjacent to an activating group) is 1. The fourth-order valence-corrected chi connectivity index (χ4v) is 3.60. The Morgan fingerprint density at radius 3 is 2.48 bits per heavy atom. The maximum Gasteiger partial charge on any atom is 0.325 e. The molecular formula is C16H24N4O5. The van der Waals surface area contributed by atoms with Crippen LogP contribution in [0.1, 0.15) is 25.7 Å². The first-order valence-corrected chi connectivity index (χ1v) is 8.66. The number of morpholine rings is 1. The molecule has 1 N–H and O–H groups in total. The van der Waals surface area contributed by atoms with E-state index < -0.39 is 17.5 Å². The van der Waals surface area contributed by atoms with Crippen molar-refractivity contribution >= 4 is 23.8 Å². The van der Waals surface area contributed by atoms with Crippen molar-refractivity contribution in [3.05, 3.63) is 0 Å². The Balaban J connectivity index is 1.55. The number of imide groups is 1. The van der Waals surface area contributed by atoms with Crippen molar-refractivity contribution < 1.29 is 23.9 Å². The van der Waals surface area contributed by atoms with Crippen molar-refractivity contribution in [3.8, 4) is 0 Å². The molecule has 2 aliphatic heterocycles. The van der Waals surface area contributed by atoms with Crippen LogP contribution < -0.4 is 5.32 Å². The Bertz CT molecular complexity index is 581. The lowest BCUT2D eigenvalue weighted by atomic mass is 9.98. The van der Waals surface area contributed by atoms with Gasteiger partial charge in [-0.05, 0) is 12.8 Å². The maximum atomic E-state index is 12.6. The van der Waals surface area contributed by atoms with Crippen LogP contribution >= 0.6 is 0 Å². The predicted octanol–water partition coefficient (Wildman–Crippen LogP) is -0.832. The van der Waals surface area contributed by atoms with E-state index in [2.05, 4.69) is 5.32 Å². The SMILES string of the molecule is CN(CC(=O)N1CCOCC1)C(=O)CN1C(=O)NC2(CCCC2)C1=O. The second-order valence-corrected chi connectivity index (χ2v) is 6.85. The van der Waals surface area contributed by atoms with Gasteiger partial charge in [-0.2, -0.15) is 0 Å². The van der Waals surface area contributed by atoms with Gasteiger partial charge < -0.3 is 19.9 Å². The zero-order valence-electron chi connectivity index (χ0n) is 14.5. The summed E-state index contributed by atoms with van der Waals surface area (Å²) in [6.45, 7) is 1.60. The Labute approximate surface area is 146 Å². The summed E-state index contributed by atoms with van der Waals surface area (Å²) in [7, 11) is 1.50. The zero-order valence-corrected chi connectivity index (χ0v) is 14.5. The summed E-state index contributed by atoms with van der Waals surface area (Å²) in [5.41, 5.74) is -0.820. The van der Waals surface area contributed by atoms with E-state index in [0.29, 0.717) is 39.1 Å². The van der Waals surface area contributed by atoms with E-state index in [1.54, 1.807) is 4.90 Å². The lowest BCUT2D eigenvalue weighted by molar-refractivity contribution is -0.143. The standard InChI is InChI=1S/C16H24N4O5/c1-18(10-13(22)19-6-8-25-9-7-19)12(21)11-20-14(23)16(17-15(20)24)4-2-3-5-16/h2-11H2,1H3,(H,17,24). The molecule has 2 heterocycles. The van der Waals surface area contributed by atoms with Gasteiger partial charge in [0.25, 0.3) is 5.91 Å². The number of nitrogens with one attached hydrogen (secondary N) is 1. The summed E-state index contributed by atoms with van der Waals surface area (Å²) in [6, 6.07) is -0.520. The highest BCUT2D eigenvalue weighted by molar-refractivity contribution is 6.09. The molecule has 0 aromatic rings. The third kappa shape index (κ3) is 3.46. The summed E-state index contributed by atoms with van der Waals surface area (Å²) in [5, 5.41) is 2.74. The first-order valence-electron chi connectivity index (χ1n) is 8.66. The summed E-state index contributed by atoms with van der Waals surface area (Å²) in [4.78, 5) is 53.1. The number of nitrogens with zero attached hydrogens (tertiary/aromatic N) is 3. The molecule has 3 aliphatic rings. The molecule has 0 bridgehead atoms. The number of carbonyl (C=O) groups excluding carboxylic acids is 4. The molecule has 0 aromatic heterocycles. The summed E-state index contributed by atoms with van der Waals surface area (Å²) < 4.78 is 5.20. The van der Waals surface area contributed by atoms with Gasteiger partial charge in [-0.3, -0.25) is 19.3 Å². The zero-order chi connectivity index (χ0) is 18.0. The molecule has 2 saturated heterocycles. The number of hydrogen-bond acceptors (Lipinski definition) is 5.